The SMILES string of the molecule is CCN(CC)c1ccc(Nc2ncnc(N)c2Br)cc1. The maximum atomic E-state index is 5.73. The Labute approximate surface area is 127 Å². The number of halogens is 1. The number of nitrogen functional groups attached to an aromatic ring is 1. The van der Waals surface area contributed by atoms with Gasteiger partial charge in [0.1, 0.15) is 22.4 Å². The van der Waals surface area contributed by atoms with Crippen molar-refractivity contribution in [1.29, 1.82) is 0 Å². The molecule has 0 aliphatic heterocycles. The molecule has 0 amide bonds. The number of nitrogens with one attached hydrogen (secondary N) is 1. The molecule has 0 atom stereocenters. The van der Waals surface area contributed by atoms with E-state index in [1.807, 2.05) is 12.1 Å². The second kappa shape index (κ2) is 6.56. The van der Waals surface area contributed by atoms with Crippen molar-refractivity contribution in [3.8, 4) is 0 Å². The molecule has 1 aromatic carbocycles. The van der Waals surface area contributed by atoms with E-state index >= 15 is 0 Å². The largest absolute Gasteiger partial charge is 0.383 e. The van der Waals surface area contributed by atoms with Gasteiger partial charge in [0, 0.05) is 24.5 Å². The molecule has 6 heteroatoms. The van der Waals surface area contributed by atoms with Crippen LogP contribution in [0.25, 0.3) is 0 Å². The van der Waals surface area contributed by atoms with Crippen molar-refractivity contribution in [2.24, 2.45) is 0 Å². The molecule has 2 rings (SSSR count). The van der Waals surface area contributed by atoms with Gasteiger partial charge >= 0.3 is 0 Å². The summed E-state index contributed by atoms with van der Waals surface area (Å²) in [5.74, 6) is 1.08. The summed E-state index contributed by atoms with van der Waals surface area (Å²) in [6.45, 7) is 6.29. The fraction of sp³-hybridized carbons (Fsp3) is 0.286. The minimum Gasteiger partial charge on any atom is -0.383 e. The lowest BCUT2D eigenvalue weighted by Gasteiger charge is -2.21. The quantitative estimate of drug-likeness (QED) is 0.876. The van der Waals surface area contributed by atoms with Crippen LogP contribution in [0.3, 0.4) is 0 Å². The molecule has 0 saturated carbocycles. The van der Waals surface area contributed by atoms with Crippen LogP contribution in [0.5, 0.6) is 0 Å². The number of hydrogen-bond acceptors (Lipinski definition) is 5. The number of benzene rings is 1. The van der Waals surface area contributed by atoms with Crippen LogP contribution in [0, 0.1) is 0 Å². The van der Waals surface area contributed by atoms with Crippen molar-refractivity contribution in [3.63, 3.8) is 0 Å². The van der Waals surface area contributed by atoms with E-state index in [-0.39, 0.29) is 0 Å². The Hall–Kier alpha value is -1.82. The van der Waals surface area contributed by atoms with Gasteiger partial charge in [-0.25, -0.2) is 9.97 Å². The van der Waals surface area contributed by atoms with Gasteiger partial charge in [-0.05, 0) is 54.0 Å². The minimum absolute atomic E-state index is 0.419. The summed E-state index contributed by atoms with van der Waals surface area (Å²) < 4.78 is 0.674. The van der Waals surface area contributed by atoms with Gasteiger partial charge in [0.05, 0.1) is 0 Å². The average molecular weight is 336 g/mol. The molecule has 0 unspecified atom stereocenters. The number of nitrogens with two attached hydrogens (primary N) is 1. The number of anilines is 4. The first-order valence-electron chi connectivity index (χ1n) is 6.53. The highest BCUT2D eigenvalue weighted by atomic mass is 79.9. The zero-order chi connectivity index (χ0) is 14.5. The third kappa shape index (κ3) is 3.19. The first-order chi connectivity index (χ1) is 9.65. The molecule has 0 saturated heterocycles. The maximum Gasteiger partial charge on any atom is 0.150 e. The summed E-state index contributed by atoms with van der Waals surface area (Å²) in [7, 11) is 0. The Kier molecular flexibility index (Phi) is 4.79. The van der Waals surface area contributed by atoms with E-state index in [4.69, 9.17) is 5.73 Å². The van der Waals surface area contributed by atoms with E-state index in [2.05, 4.69) is 62.1 Å². The lowest BCUT2D eigenvalue weighted by Crippen LogP contribution is -2.21. The Morgan fingerprint density at radius 1 is 1.15 bits per heavy atom. The third-order valence-electron chi connectivity index (χ3n) is 3.08. The Morgan fingerprint density at radius 3 is 2.40 bits per heavy atom. The van der Waals surface area contributed by atoms with Crippen molar-refractivity contribution >= 4 is 38.9 Å². The van der Waals surface area contributed by atoms with Gasteiger partial charge in [0.25, 0.3) is 0 Å². The molecule has 2 aromatic rings. The van der Waals surface area contributed by atoms with E-state index in [9.17, 15) is 0 Å². The van der Waals surface area contributed by atoms with Gasteiger partial charge in [-0.1, -0.05) is 0 Å². The molecule has 5 nitrogen and oxygen atoms in total. The molecule has 1 heterocycles. The first-order valence-corrected chi connectivity index (χ1v) is 7.33. The highest BCUT2D eigenvalue weighted by Crippen LogP contribution is 2.27. The molecule has 0 aliphatic carbocycles. The fourth-order valence-electron chi connectivity index (χ4n) is 1.95. The van der Waals surface area contributed by atoms with Gasteiger partial charge in [0.2, 0.25) is 0 Å². The number of rotatable bonds is 5. The van der Waals surface area contributed by atoms with Crippen LogP contribution < -0.4 is 16.0 Å². The topological polar surface area (TPSA) is 67.1 Å². The third-order valence-corrected chi connectivity index (χ3v) is 3.86. The van der Waals surface area contributed by atoms with E-state index in [0.717, 1.165) is 18.8 Å². The molecule has 0 aliphatic rings. The molecule has 0 bridgehead atoms. The van der Waals surface area contributed by atoms with Crippen LogP contribution in [0.1, 0.15) is 13.8 Å². The standard InChI is InChI=1S/C14H18BrN5/c1-3-20(4-2)11-7-5-10(6-8-11)19-14-12(15)13(16)17-9-18-14/h5-9H,3-4H2,1-2H3,(H3,16,17,18,19). The van der Waals surface area contributed by atoms with Gasteiger partial charge in [-0.15, -0.1) is 0 Å². The number of aromatic nitrogens is 2. The highest BCUT2D eigenvalue weighted by molar-refractivity contribution is 9.10. The Balaban J connectivity index is 2.17. The summed E-state index contributed by atoms with van der Waals surface area (Å²) in [6.07, 6.45) is 1.44. The molecule has 0 fully saturated rings. The first kappa shape index (κ1) is 14.6. The molecular weight excluding hydrogens is 318 g/mol. The minimum atomic E-state index is 0.419. The predicted molar refractivity (Wildman–Crippen MR) is 87.4 cm³/mol. The second-order valence-corrected chi connectivity index (χ2v) is 5.06. The van der Waals surface area contributed by atoms with Gasteiger partial charge < -0.3 is 16.0 Å². The van der Waals surface area contributed by atoms with Crippen LogP contribution in [0.15, 0.2) is 35.1 Å². The monoisotopic (exact) mass is 335 g/mol. The maximum absolute atomic E-state index is 5.73. The van der Waals surface area contributed by atoms with Crippen molar-refractivity contribution in [2.45, 2.75) is 13.8 Å². The zero-order valence-electron chi connectivity index (χ0n) is 11.6. The zero-order valence-corrected chi connectivity index (χ0v) is 13.2. The molecule has 3 N–H and O–H groups in total. The van der Waals surface area contributed by atoms with E-state index in [0.29, 0.717) is 16.1 Å². The summed E-state index contributed by atoms with van der Waals surface area (Å²) in [5.41, 5.74) is 7.90. The van der Waals surface area contributed by atoms with Crippen molar-refractivity contribution in [3.05, 3.63) is 35.1 Å². The molecular formula is C14H18BrN5. The van der Waals surface area contributed by atoms with Crippen LogP contribution in [0.4, 0.5) is 23.0 Å². The van der Waals surface area contributed by atoms with Crippen molar-refractivity contribution < 1.29 is 0 Å². The van der Waals surface area contributed by atoms with Crippen LogP contribution in [-0.2, 0) is 0 Å². The summed E-state index contributed by atoms with van der Waals surface area (Å²) in [6, 6.07) is 8.23. The van der Waals surface area contributed by atoms with Gasteiger partial charge in [-0.2, -0.15) is 0 Å². The van der Waals surface area contributed by atoms with E-state index in [1.54, 1.807) is 0 Å². The van der Waals surface area contributed by atoms with Gasteiger partial charge in [-0.3, -0.25) is 0 Å². The summed E-state index contributed by atoms with van der Waals surface area (Å²) in [4.78, 5) is 10.4. The Bertz CT molecular complexity index is 566. The Morgan fingerprint density at radius 2 is 1.80 bits per heavy atom. The van der Waals surface area contributed by atoms with Crippen LogP contribution in [-0.4, -0.2) is 23.1 Å². The number of hydrogen-bond donors (Lipinski definition) is 2. The summed E-state index contributed by atoms with van der Waals surface area (Å²) >= 11 is 3.38. The van der Waals surface area contributed by atoms with Crippen LogP contribution in [0.2, 0.25) is 0 Å². The van der Waals surface area contributed by atoms with Gasteiger partial charge in [0.15, 0.2) is 0 Å². The molecule has 106 valence electrons. The van der Waals surface area contributed by atoms with Crippen molar-refractivity contribution in [1.82, 2.24) is 9.97 Å². The molecule has 0 radical (unpaired) electrons. The highest BCUT2D eigenvalue weighted by Gasteiger charge is 2.06. The summed E-state index contributed by atoms with van der Waals surface area (Å²) in [5, 5.41) is 3.22. The fourth-order valence-corrected chi connectivity index (χ4v) is 2.26. The normalized spacial score (nSPS) is 10.3. The van der Waals surface area contributed by atoms with Crippen molar-refractivity contribution in [2.75, 3.05) is 29.0 Å². The predicted octanol–water partition coefficient (Wildman–Crippen LogP) is 3.41. The smallest absolute Gasteiger partial charge is 0.150 e. The van der Waals surface area contributed by atoms with E-state index in [1.165, 1.54) is 12.0 Å². The molecule has 0 spiro atoms. The lowest BCUT2D eigenvalue weighted by molar-refractivity contribution is 0.866. The van der Waals surface area contributed by atoms with Crippen LogP contribution >= 0.6 is 15.9 Å². The average Bonchev–Trinajstić information content (AvgIpc) is 2.47. The van der Waals surface area contributed by atoms with E-state index < -0.39 is 0 Å². The molecule has 20 heavy (non-hydrogen) atoms. The lowest BCUT2D eigenvalue weighted by atomic mass is 10.2. The molecule has 1 aromatic heterocycles. The number of nitrogens with zero attached hydrogens (tertiary/aromatic N) is 3. The second-order valence-electron chi connectivity index (χ2n) is 4.27.